The Hall–Kier alpha value is 1.27. The van der Waals surface area contributed by atoms with Crippen LogP contribution in [0.3, 0.4) is 0 Å². The first-order chi connectivity index (χ1) is 3.68. The Morgan fingerprint density at radius 3 is 1.20 bits per heavy atom. The SMILES string of the molecule is [CH2-][Si](CC)(CC)CC.[Cl-].[Mg+2]. The zero-order chi connectivity index (χ0) is 6.62. The summed E-state index contributed by atoms with van der Waals surface area (Å²) in [4.78, 5) is 0. The molecule has 10 heavy (non-hydrogen) atoms. The van der Waals surface area contributed by atoms with Gasteiger partial charge in [0.2, 0.25) is 0 Å². The molecule has 0 bridgehead atoms. The smallest absolute Gasteiger partial charge is 1.00 e. The van der Waals surface area contributed by atoms with Crippen LogP contribution in [0.1, 0.15) is 20.8 Å². The summed E-state index contributed by atoms with van der Waals surface area (Å²) in [7, 11) is -0.921. The summed E-state index contributed by atoms with van der Waals surface area (Å²) in [5.41, 5.74) is 0. The summed E-state index contributed by atoms with van der Waals surface area (Å²) in [5.74, 6) is 0. The largest absolute Gasteiger partial charge is 2.00 e. The third-order valence-electron chi connectivity index (χ3n) is 2.25. The quantitative estimate of drug-likeness (QED) is 0.414. The number of hydrogen-bond donors (Lipinski definition) is 0. The monoisotopic (exact) mass is 188 g/mol. The maximum atomic E-state index is 4.26. The van der Waals surface area contributed by atoms with Crippen LogP contribution >= 0.6 is 0 Å². The Morgan fingerprint density at radius 2 is 1.20 bits per heavy atom. The van der Waals surface area contributed by atoms with Gasteiger partial charge in [0.1, 0.15) is 0 Å². The fourth-order valence-electron chi connectivity index (χ4n) is 0.750. The van der Waals surface area contributed by atoms with Crippen molar-refractivity contribution >= 4 is 31.1 Å². The number of rotatable bonds is 3. The molecule has 0 rings (SSSR count). The van der Waals surface area contributed by atoms with Gasteiger partial charge in [-0.25, -0.2) is 0 Å². The average molecular weight is 189 g/mol. The number of hydrogen-bond acceptors (Lipinski definition) is 0. The third-order valence-corrected chi connectivity index (χ3v) is 6.75. The second kappa shape index (κ2) is 8.37. The first-order valence-electron chi connectivity index (χ1n) is 3.54. The Labute approximate surface area is 88.7 Å². The van der Waals surface area contributed by atoms with Crippen LogP contribution in [0.15, 0.2) is 0 Å². The molecule has 0 aromatic heterocycles. The molecule has 0 aromatic carbocycles. The van der Waals surface area contributed by atoms with E-state index in [1.165, 1.54) is 18.1 Å². The zero-order valence-electron chi connectivity index (χ0n) is 7.41. The normalized spacial score (nSPS) is 9.60. The molecule has 3 heteroatoms. The van der Waals surface area contributed by atoms with Gasteiger partial charge in [0.25, 0.3) is 0 Å². The topological polar surface area (TPSA) is 0 Å². The molecule has 0 radical (unpaired) electrons. The van der Waals surface area contributed by atoms with Gasteiger partial charge in [0.15, 0.2) is 0 Å². The van der Waals surface area contributed by atoms with E-state index in [4.69, 9.17) is 0 Å². The van der Waals surface area contributed by atoms with Gasteiger partial charge in [0, 0.05) is 0 Å². The van der Waals surface area contributed by atoms with Crippen LogP contribution in [-0.2, 0) is 0 Å². The minimum Gasteiger partial charge on any atom is -1.00 e. The van der Waals surface area contributed by atoms with Crippen molar-refractivity contribution in [2.75, 3.05) is 0 Å². The van der Waals surface area contributed by atoms with E-state index < -0.39 is 8.07 Å². The van der Waals surface area contributed by atoms with Gasteiger partial charge < -0.3 is 19.0 Å². The Kier molecular flexibility index (Phi) is 14.5. The van der Waals surface area contributed by atoms with E-state index in [2.05, 4.69) is 27.3 Å². The van der Waals surface area contributed by atoms with Gasteiger partial charge >= 0.3 is 23.1 Å². The van der Waals surface area contributed by atoms with Crippen molar-refractivity contribution in [1.29, 1.82) is 0 Å². The first kappa shape index (κ1) is 17.4. The van der Waals surface area contributed by atoms with Crippen molar-refractivity contribution in [3.63, 3.8) is 0 Å². The van der Waals surface area contributed by atoms with E-state index in [1.807, 2.05) is 0 Å². The molecular weight excluding hydrogens is 172 g/mol. The second-order valence-corrected chi connectivity index (χ2v) is 7.68. The second-order valence-electron chi connectivity index (χ2n) is 2.56. The van der Waals surface area contributed by atoms with Crippen molar-refractivity contribution < 1.29 is 12.4 Å². The molecule has 0 amide bonds. The van der Waals surface area contributed by atoms with E-state index in [-0.39, 0.29) is 35.5 Å². The molecule has 0 N–H and O–H groups in total. The van der Waals surface area contributed by atoms with E-state index in [1.54, 1.807) is 0 Å². The molecule has 0 saturated heterocycles. The van der Waals surface area contributed by atoms with Gasteiger partial charge in [-0.3, -0.25) is 0 Å². The van der Waals surface area contributed by atoms with E-state index >= 15 is 0 Å². The molecule has 0 spiro atoms. The summed E-state index contributed by atoms with van der Waals surface area (Å²) in [6.07, 6.45) is 0. The Bertz CT molecular complexity index is 56.4. The fraction of sp³-hybridized carbons (Fsp3) is 0.857. The maximum absolute atomic E-state index is 4.26. The molecule has 58 valence electrons. The van der Waals surface area contributed by atoms with Crippen molar-refractivity contribution in [3.05, 3.63) is 6.55 Å². The van der Waals surface area contributed by atoms with Crippen molar-refractivity contribution in [2.45, 2.75) is 38.9 Å². The molecule has 0 nitrogen and oxygen atoms in total. The Morgan fingerprint density at radius 1 is 1.00 bits per heavy atom. The number of halogens is 1. The molecule has 0 aromatic rings. The minimum atomic E-state index is -0.921. The van der Waals surface area contributed by atoms with Crippen LogP contribution in [0.2, 0.25) is 18.1 Å². The van der Waals surface area contributed by atoms with Crippen molar-refractivity contribution in [2.24, 2.45) is 0 Å². The molecule has 0 aliphatic carbocycles. The zero-order valence-corrected chi connectivity index (χ0v) is 10.6. The summed E-state index contributed by atoms with van der Waals surface area (Å²) in [6.45, 7) is 11.1. The van der Waals surface area contributed by atoms with E-state index in [9.17, 15) is 0 Å². The molecular formula is C7H17ClMgSi. The minimum absolute atomic E-state index is 0. The summed E-state index contributed by atoms with van der Waals surface area (Å²) < 4.78 is 0. The van der Waals surface area contributed by atoms with E-state index in [0.29, 0.717) is 0 Å². The Balaban J connectivity index is -0.000000245. The van der Waals surface area contributed by atoms with Gasteiger partial charge in [-0.2, -0.15) is 0 Å². The van der Waals surface area contributed by atoms with Gasteiger partial charge in [0.05, 0.1) is 0 Å². The standard InChI is InChI=1S/C7H17Si.ClH.Mg/c1-5-8(4,6-2)7-3;;/h4-7H2,1-3H3;1H;/q-1;;+2/p-1. The van der Waals surface area contributed by atoms with Crippen LogP contribution < -0.4 is 12.4 Å². The van der Waals surface area contributed by atoms with Crippen LogP contribution in [0, 0.1) is 6.55 Å². The third kappa shape index (κ3) is 6.01. The fourth-order valence-corrected chi connectivity index (χ4v) is 2.25. The summed E-state index contributed by atoms with van der Waals surface area (Å²) >= 11 is 0. The summed E-state index contributed by atoms with van der Waals surface area (Å²) in [6, 6.07) is 4.04. The molecule has 0 fully saturated rings. The molecule has 0 heterocycles. The van der Waals surface area contributed by atoms with Gasteiger partial charge in [-0.05, 0) is 0 Å². The van der Waals surface area contributed by atoms with Crippen LogP contribution in [0.5, 0.6) is 0 Å². The van der Waals surface area contributed by atoms with Gasteiger partial charge in [-0.15, -0.1) is 0 Å². The molecule has 0 aliphatic heterocycles. The maximum Gasteiger partial charge on any atom is 2.00 e. The van der Waals surface area contributed by atoms with Crippen LogP contribution in [-0.4, -0.2) is 31.1 Å². The van der Waals surface area contributed by atoms with Crippen molar-refractivity contribution in [3.8, 4) is 0 Å². The predicted molar refractivity (Wildman–Crippen MR) is 48.3 cm³/mol. The predicted octanol–water partition coefficient (Wildman–Crippen LogP) is -0.509. The van der Waals surface area contributed by atoms with Gasteiger partial charge in [-0.1, -0.05) is 47.0 Å². The summed E-state index contributed by atoms with van der Waals surface area (Å²) in [5, 5.41) is 0. The van der Waals surface area contributed by atoms with Crippen LogP contribution in [0.25, 0.3) is 0 Å². The first-order valence-corrected chi connectivity index (χ1v) is 6.36. The van der Waals surface area contributed by atoms with E-state index in [0.717, 1.165) is 0 Å². The molecule has 0 atom stereocenters. The molecule has 0 unspecified atom stereocenters. The molecule has 0 aliphatic rings. The molecule has 0 saturated carbocycles. The van der Waals surface area contributed by atoms with Crippen LogP contribution in [0.4, 0.5) is 0 Å². The average Bonchev–Trinajstić information content (AvgIpc) is 1.87. The van der Waals surface area contributed by atoms with Crippen molar-refractivity contribution in [1.82, 2.24) is 0 Å².